The second-order valence-electron chi connectivity index (χ2n) is 6.01. The van der Waals surface area contributed by atoms with E-state index in [2.05, 4.69) is 54.7 Å². The standard InChI is InChI=1S/C19H23NO/c1-14-5-3-6-15(9-14)13-20-18-10-17(11-18)16-7-4-8-19(12-16)21-2/h3-9,12,17-18,20H,10-11,13H2,1-2H3. The maximum atomic E-state index is 5.30. The van der Waals surface area contributed by atoms with Gasteiger partial charge in [0.2, 0.25) is 0 Å². The van der Waals surface area contributed by atoms with Gasteiger partial charge in [0.05, 0.1) is 7.11 Å². The van der Waals surface area contributed by atoms with Crippen molar-refractivity contribution in [1.82, 2.24) is 5.32 Å². The lowest BCUT2D eigenvalue weighted by molar-refractivity contribution is 0.289. The smallest absolute Gasteiger partial charge is 0.119 e. The molecule has 2 heteroatoms. The molecule has 1 aliphatic rings. The molecule has 2 aromatic carbocycles. The molecule has 0 spiro atoms. The van der Waals surface area contributed by atoms with E-state index in [4.69, 9.17) is 4.74 Å². The molecule has 21 heavy (non-hydrogen) atoms. The molecule has 0 atom stereocenters. The maximum absolute atomic E-state index is 5.30. The van der Waals surface area contributed by atoms with E-state index in [0.717, 1.165) is 12.3 Å². The van der Waals surface area contributed by atoms with Crippen molar-refractivity contribution in [2.45, 2.75) is 38.3 Å². The summed E-state index contributed by atoms with van der Waals surface area (Å²) in [7, 11) is 1.73. The minimum absolute atomic E-state index is 0.640. The Labute approximate surface area is 127 Å². The van der Waals surface area contributed by atoms with E-state index >= 15 is 0 Å². The minimum Gasteiger partial charge on any atom is -0.497 e. The van der Waals surface area contributed by atoms with Gasteiger partial charge in [-0.15, -0.1) is 0 Å². The Morgan fingerprint density at radius 3 is 2.67 bits per heavy atom. The zero-order chi connectivity index (χ0) is 14.7. The first kappa shape index (κ1) is 14.2. The highest BCUT2D eigenvalue weighted by molar-refractivity contribution is 5.32. The molecule has 0 unspecified atom stereocenters. The van der Waals surface area contributed by atoms with Crippen molar-refractivity contribution in [1.29, 1.82) is 0 Å². The average molecular weight is 281 g/mol. The molecule has 0 bridgehead atoms. The van der Waals surface area contributed by atoms with Crippen LogP contribution in [0.15, 0.2) is 48.5 Å². The Morgan fingerprint density at radius 1 is 1.10 bits per heavy atom. The van der Waals surface area contributed by atoms with E-state index in [1.54, 1.807) is 7.11 Å². The third kappa shape index (κ3) is 3.45. The molecule has 0 aromatic heterocycles. The fourth-order valence-electron chi connectivity index (χ4n) is 3.04. The van der Waals surface area contributed by atoms with Crippen LogP contribution in [-0.2, 0) is 6.54 Å². The third-order valence-electron chi connectivity index (χ3n) is 4.38. The molecule has 2 nitrogen and oxygen atoms in total. The quantitative estimate of drug-likeness (QED) is 0.893. The van der Waals surface area contributed by atoms with Crippen molar-refractivity contribution in [3.63, 3.8) is 0 Å². The summed E-state index contributed by atoms with van der Waals surface area (Å²) in [5.74, 6) is 1.64. The summed E-state index contributed by atoms with van der Waals surface area (Å²) in [6.45, 7) is 3.11. The number of benzene rings is 2. The number of hydrogen-bond acceptors (Lipinski definition) is 2. The topological polar surface area (TPSA) is 21.3 Å². The largest absolute Gasteiger partial charge is 0.497 e. The number of aryl methyl sites for hydroxylation is 1. The van der Waals surface area contributed by atoms with Crippen LogP contribution in [0.3, 0.4) is 0 Å². The van der Waals surface area contributed by atoms with Crippen LogP contribution in [0.1, 0.15) is 35.4 Å². The van der Waals surface area contributed by atoms with Gasteiger partial charge in [-0.05, 0) is 48.9 Å². The van der Waals surface area contributed by atoms with Crippen LogP contribution in [0.25, 0.3) is 0 Å². The Morgan fingerprint density at radius 2 is 1.90 bits per heavy atom. The van der Waals surface area contributed by atoms with Crippen LogP contribution in [0.2, 0.25) is 0 Å². The predicted octanol–water partition coefficient (Wildman–Crippen LogP) is 4.04. The maximum Gasteiger partial charge on any atom is 0.119 e. The van der Waals surface area contributed by atoms with Gasteiger partial charge in [-0.25, -0.2) is 0 Å². The lowest BCUT2D eigenvalue weighted by atomic mass is 9.76. The van der Waals surface area contributed by atoms with Crippen LogP contribution in [-0.4, -0.2) is 13.2 Å². The molecule has 1 saturated carbocycles. The minimum atomic E-state index is 0.640. The Hall–Kier alpha value is -1.80. The molecule has 1 fully saturated rings. The fourth-order valence-corrected chi connectivity index (χ4v) is 3.04. The molecule has 2 aromatic rings. The molecular weight excluding hydrogens is 258 g/mol. The van der Waals surface area contributed by atoms with E-state index in [-0.39, 0.29) is 0 Å². The highest BCUT2D eigenvalue weighted by Crippen LogP contribution is 2.38. The van der Waals surface area contributed by atoms with E-state index in [9.17, 15) is 0 Å². The number of hydrogen-bond donors (Lipinski definition) is 1. The lowest BCUT2D eigenvalue weighted by Gasteiger charge is -2.36. The monoisotopic (exact) mass is 281 g/mol. The van der Waals surface area contributed by atoms with E-state index in [1.165, 1.54) is 29.5 Å². The first-order valence-corrected chi connectivity index (χ1v) is 7.67. The van der Waals surface area contributed by atoms with Crippen LogP contribution in [0.5, 0.6) is 5.75 Å². The van der Waals surface area contributed by atoms with Crippen molar-refractivity contribution >= 4 is 0 Å². The van der Waals surface area contributed by atoms with E-state index in [0.29, 0.717) is 12.0 Å². The predicted molar refractivity (Wildman–Crippen MR) is 86.8 cm³/mol. The zero-order valence-electron chi connectivity index (χ0n) is 12.8. The van der Waals surface area contributed by atoms with Crippen molar-refractivity contribution < 1.29 is 4.74 Å². The number of ether oxygens (including phenoxy) is 1. The fraction of sp³-hybridized carbons (Fsp3) is 0.368. The summed E-state index contributed by atoms with van der Waals surface area (Å²) < 4.78 is 5.30. The Bertz CT molecular complexity index is 602. The summed E-state index contributed by atoms with van der Waals surface area (Å²) in [5.41, 5.74) is 4.11. The van der Waals surface area contributed by atoms with Crippen LogP contribution >= 0.6 is 0 Å². The van der Waals surface area contributed by atoms with E-state index < -0.39 is 0 Å². The zero-order valence-corrected chi connectivity index (χ0v) is 12.8. The van der Waals surface area contributed by atoms with Crippen LogP contribution in [0.4, 0.5) is 0 Å². The number of nitrogens with one attached hydrogen (secondary N) is 1. The average Bonchev–Trinajstić information content (AvgIpc) is 2.46. The van der Waals surface area contributed by atoms with Gasteiger partial charge < -0.3 is 10.1 Å². The summed E-state index contributed by atoms with van der Waals surface area (Å²) in [4.78, 5) is 0. The van der Waals surface area contributed by atoms with Gasteiger partial charge in [0.1, 0.15) is 5.75 Å². The molecule has 0 saturated heterocycles. The number of methoxy groups -OCH3 is 1. The molecule has 1 aliphatic carbocycles. The first-order valence-electron chi connectivity index (χ1n) is 7.67. The number of rotatable bonds is 5. The SMILES string of the molecule is COc1cccc(C2CC(NCc3cccc(C)c3)C2)c1. The van der Waals surface area contributed by atoms with Crippen molar-refractivity contribution in [3.05, 3.63) is 65.2 Å². The Kier molecular flexibility index (Phi) is 4.26. The van der Waals surface area contributed by atoms with Gasteiger partial charge in [-0.3, -0.25) is 0 Å². The highest BCUT2D eigenvalue weighted by atomic mass is 16.5. The van der Waals surface area contributed by atoms with Gasteiger partial charge in [0.15, 0.2) is 0 Å². The summed E-state index contributed by atoms with van der Waals surface area (Å²) in [5, 5.41) is 3.66. The van der Waals surface area contributed by atoms with Gasteiger partial charge in [-0.2, -0.15) is 0 Å². The van der Waals surface area contributed by atoms with Crippen molar-refractivity contribution in [2.75, 3.05) is 7.11 Å². The molecule has 0 radical (unpaired) electrons. The van der Waals surface area contributed by atoms with Crippen LogP contribution in [0, 0.1) is 6.92 Å². The lowest BCUT2D eigenvalue weighted by Crippen LogP contribution is -2.39. The molecule has 1 N–H and O–H groups in total. The first-order chi connectivity index (χ1) is 10.2. The molecule has 110 valence electrons. The summed E-state index contributed by atoms with van der Waals surface area (Å²) >= 11 is 0. The second-order valence-corrected chi connectivity index (χ2v) is 6.01. The van der Waals surface area contributed by atoms with Crippen LogP contribution < -0.4 is 10.1 Å². The van der Waals surface area contributed by atoms with Gasteiger partial charge in [-0.1, -0.05) is 42.0 Å². The molecule has 3 rings (SSSR count). The second kappa shape index (κ2) is 6.31. The Balaban J connectivity index is 1.49. The van der Waals surface area contributed by atoms with Gasteiger partial charge in [0.25, 0.3) is 0 Å². The van der Waals surface area contributed by atoms with Gasteiger partial charge in [0, 0.05) is 12.6 Å². The highest BCUT2D eigenvalue weighted by Gasteiger charge is 2.29. The normalized spacial score (nSPS) is 20.9. The molecule has 0 heterocycles. The van der Waals surface area contributed by atoms with E-state index in [1.807, 2.05) is 6.07 Å². The molecular formula is C19H23NO. The summed E-state index contributed by atoms with van der Waals surface area (Å²) in [6.07, 6.45) is 2.44. The van der Waals surface area contributed by atoms with Crippen molar-refractivity contribution in [2.24, 2.45) is 0 Å². The third-order valence-corrected chi connectivity index (χ3v) is 4.38. The van der Waals surface area contributed by atoms with Gasteiger partial charge >= 0.3 is 0 Å². The molecule has 0 aliphatic heterocycles. The van der Waals surface area contributed by atoms with Crippen molar-refractivity contribution in [3.8, 4) is 5.75 Å². The molecule has 0 amide bonds. The summed E-state index contributed by atoms with van der Waals surface area (Å²) in [6, 6.07) is 17.8.